The number of hydrogen-bond acceptors (Lipinski definition) is 5. The molecular weight excluding hydrogens is 383 g/mol. The van der Waals surface area contributed by atoms with Crippen molar-refractivity contribution in [1.29, 1.82) is 0 Å². The number of hydrogen-bond donors (Lipinski definition) is 0. The predicted octanol–water partition coefficient (Wildman–Crippen LogP) is 2.41. The van der Waals surface area contributed by atoms with E-state index in [9.17, 15) is 9.18 Å². The van der Waals surface area contributed by atoms with Gasteiger partial charge in [-0.1, -0.05) is 17.7 Å². The smallest absolute Gasteiger partial charge is 0.255 e. The van der Waals surface area contributed by atoms with Crippen LogP contribution in [0.15, 0.2) is 49.2 Å². The summed E-state index contributed by atoms with van der Waals surface area (Å²) in [5.41, 5.74) is 1.02. The van der Waals surface area contributed by atoms with Crippen molar-refractivity contribution in [2.45, 2.75) is 6.54 Å². The Hall–Kier alpha value is -2.84. The van der Waals surface area contributed by atoms with Crippen LogP contribution in [0.2, 0.25) is 5.02 Å². The Balaban J connectivity index is 1.36. The number of benzene rings is 1. The van der Waals surface area contributed by atoms with Crippen molar-refractivity contribution in [3.8, 4) is 5.82 Å². The Bertz CT molecular complexity index is 935. The standard InChI is InChI=1S/C19H18ClFN6O/c20-16-2-1-3-17(21)15(16)11-25-6-8-26(9-7-25)19(28)14-4-5-18(23-10-14)27-13-22-12-24-27/h1-5,10,12-13H,6-9,11H2. The van der Waals surface area contributed by atoms with Crippen LogP contribution in [-0.4, -0.2) is 61.6 Å². The molecule has 1 amide bonds. The van der Waals surface area contributed by atoms with Crippen molar-refractivity contribution in [1.82, 2.24) is 29.5 Å². The van der Waals surface area contributed by atoms with Gasteiger partial charge < -0.3 is 4.90 Å². The minimum Gasteiger partial charge on any atom is -0.336 e. The summed E-state index contributed by atoms with van der Waals surface area (Å²) in [6.45, 7) is 2.87. The molecule has 0 saturated carbocycles. The van der Waals surface area contributed by atoms with Gasteiger partial charge in [0.25, 0.3) is 5.91 Å². The predicted molar refractivity (Wildman–Crippen MR) is 102 cm³/mol. The maximum Gasteiger partial charge on any atom is 0.255 e. The zero-order valence-electron chi connectivity index (χ0n) is 15.0. The normalized spacial score (nSPS) is 15.0. The fraction of sp³-hybridized carbons (Fsp3) is 0.263. The van der Waals surface area contributed by atoms with Gasteiger partial charge in [0.2, 0.25) is 0 Å². The van der Waals surface area contributed by atoms with E-state index in [1.165, 1.54) is 17.1 Å². The second-order valence-corrected chi connectivity index (χ2v) is 6.92. The Morgan fingerprint density at radius 3 is 2.61 bits per heavy atom. The molecule has 0 unspecified atom stereocenters. The maximum absolute atomic E-state index is 14.0. The van der Waals surface area contributed by atoms with Crippen molar-refractivity contribution in [3.63, 3.8) is 0 Å². The van der Waals surface area contributed by atoms with Crippen LogP contribution in [0.25, 0.3) is 5.82 Å². The Morgan fingerprint density at radius 1 is 1.14 bits per heavy atom. The van der Waals surface area contributed by atoms with Crippen LogP contribution >= 0.6 is 11.6 Å². The zero-order chi connectivity index (χ0) is 19.5. The molecule has 3 aromatic rings. The lowest BCUT2D eigenvalue weighted by atomic mass is 10.1. The topological polar surface area (TPSA) is 67.2 Å². The van der Waals surface area contributed by atoms with Gasteiger partial charge in [0.15, 0.2) is 5.82 Å². The SMILES string of the molecule is O=C(c1ccc(-n2cncn2)nc1)N1CCN(Cc2c(F)cccc2Cl)CC1. The van der Waals surface area contributed by atoms with Crippen LogP contribution in [0.4, 0.5) is 4.39 Å². The van der Waals surface area contributed by atoms with Crippen LogP contribution < -0.4 is 0 Å². The number of nitrogens with zero attached hydrogens (tertiary/aromatic N) is 6. The molecule has 1 aliphatic heterocycles. The first-order valence-electron chi connectivity index (χ1n) is 8.87. The highest BCUT2D eigenvalue weighted by Gasteiger charge is 2.23. The molecule has 4 rings (SSSR count). The highest BCUT2D eigenvalue weighted by atomic mass is 35.5. The largest absolute Gasteiger partial charge is 0.336 e. The molecule has 28 heavy (non-hydrogen) atoms. The molecular formula is C19H18ClFN6O. The first-order valence-corrected chi connectivity index (χ1v) is 9.25. The number of piperazine rings is 1. The molecule has 0 N–H and O–H groups in total. The van der Waals surface area contributed by atoms with Crippen LogP contribution in [0.1, 0.15) is 15.9 Å². The second kappa shape index (κ2) is 8.04. The molecule has 0 aliphatic carbocycles. The molecule has 0 atom stereocenters. The molecule has 0 bridgehead atoms. The lowest BCUT2D eigenvalue weighted by Gasteiger charge is -2.35. The number of carbonyl (C=O) groups is 1. The quantitative estimate of drug-likeness (QED) is 0.672. The van der Waals surface area contributed by atoms with E-state index in [1.54, 1.807) is 41.7 Å². The number of rotatable bonds is 4. The average Bonchev–Trinajstić information content (AvgIpc) is 3.26. The number of pyridine rings is 1. The number of amides is 1. The van der Waals surface area contributed by atoms with E-state index in [-0.39, 0.29) is 11.7 Å². The number of carbonyl (C=O) groups excluding carboxylic acids is 1. The highest BCUT2D eigenvalue weighted by Crippen LogP contribution is 2.21. The van der Waals surface area contributed by atoms with E-state index >= 15 is 0 Å². The van der Waals surface area contributed by atoms with Crippen LogP contribution in [0.5, 0.6) is 0 Å². The average molecular weight is 401 g/mol. The van der Waals surface area contributed by atoms with Crippen molar-refractivity contribution >= 4 is 17.5 Å². The highest BCUT2D eigenvalue weighted by molar-refractivity contribution is 6.31. The van der Waals surface area contributed by atoms with E-state index < -0.39 is 0 Å². The van der Waals surface area contributed by atoms with Gasteiger partial charge in [-0.3, -0.25) is 9.69 Å². The molecule has 1 aromatic carbocycles. The van der Waals surface area contributed by atoms with E-state index in [4.69, 9.17) is 11.6 Å². The Morgan fingerprint density at radius 2 is 1.96 bits per heavy atom. The molecule has 9 heteroatoms. The molecule has 144 valence electrons. The van der Waals surface area contributed by atoms with Crippen molar-refractivity contribution in [2.75, 3.05) is 26.2 Å². The number of aromatic nitrogens is 4. The van der Waals surface area contributed by atoms with Crippen LogP contribution in [0.3, 0.4) is 0 Å². The van der Waals surface area contributed by atoms with Crippen molar-refractivity contribution < 1.29 is 9.18 Å². The first kappa shape index (κ1) is 18.5. The fourth-order valence-electron chi connectivity index (χ4n) is 3.17. The van der Waals surface area contributed by atoms with Crippen molar-refractivity contribution in [3.05, 3.63) is 71.2 Å². The second-order valence-electron chi connectivity index (χ2n) is 6.51. The van der Waals surface area contributed by atoms with Gasteiger partial charge in [-0.05, 0) is 24.3 Å². The van der Waals surface area contributed by atoms with E-state index in [2.05, 4.69) is 20.0 Å². The van der Waals surface area contributed by atoms with Gasteiger partial charge in [-0.15, -0.1) is 0 Å². The van der Waals surface area contributed by atoms with Crippen LogP contribution in [0, 0.1) is 5.82 Å². The third-order valence-electron chi connectivity index (χ3n) is 4.75. The van der Waals surface area contributed by atoms with Gasteiger partial charge in [0.1, 0.15) is 18.5 Å². The summed E-state index contributed by atoms with van der Waals surface area (Å²) >= 11 is 6.11. The molecule has 1 fully saturated rings. The summed E-state index contributed by atoms with van der Waals surface area (Å²) in [7, 11) is 0. The molecule has 1 saturated heterocycles. The third-order valence-corrected chi connectivity index (χ3v) is 5.11. The monoisotopic (exact) mass is 400 g/mol. The molecule has 7 nitrogen and oxygen atoms in total. The zero-order valence-corrected chi connectivity index (χ0v) is 15.8. The maximum atomic E-state index is 14.0. The van der Waals surface area contributed by atoms with Gasteiger partial charge in [0.05, 0.1) is 5.56 Å². The number of halogens is 2. The van der Waals surface area contributed by atoms with E-state index in [0.717, 1.165) is 0 Å². The van der Waals surface area contributed by atoms with E-state index in [1.807, 2.05) is 0 Å². The fourth-order valence-corrected chi connectivity index (χ4v) is 3.40. The van der Waals surface area contributed by atoms with Gasteiger partial charge in [-0.25, -0.2) is 19.0 Å². The summed E-state index contributed by atoms with van der Waals surface area (Å²) < 4.78 is 15.5. The Labute approximate surface area is 166 Å². The summed E-state index contributed by atoms with van der Waals surface area (Å²) in [6, 6.07) is 8.17. The van der Waals surface area contributed by atoms with Gasteiger partial charge in [0, 0.05) is 49.5 Å². The molecule has 1 aliphatic rings. The third kappa shape index (κ3) is 3.88. The Kier molecular flexibility index (Phi) is 5.31. The molecule has 3 heterocycles. The van der Waals surface area contributed by atoms with E-state index in [0.29, 0.717) is 54.7 Å². The molecule has 0 spiro atoms. The van der Waals surface area contributed by atoms with Gasteiger partial charge >= 0.3 is 0 Å². The molecule has 0 radical (unpaired) electrons. The summed E-state index contributed by atoms with van der Waals surface area (Å²) in [4.78, 5) is 24.8. The summed E-state index contributed by atoms with van der Waals surface area (Å²) in [5.74, 6) is 0.228. The minimum absolute atomic E-state index is 0.0683. The van der Waals surface area contributed by atoms with Crippen molar-refractivity contribution in [2.24, 2.45) is 0 Å². The summed E-state index contributed by atoms with van der Waals surface area (Å²) in [6.07, 6.45) is 4.52. The lowest BCUT2D eigenvalue weighted by molar-refractivity contribution is 0.0626. The minimum atomic E-state index is -0.301. The first-order chi connectivity index (χ1) is 13.6. The summed E-state index contributed by atoms with van der Waals surface area (Å²) in [5, 5.41) is 4.44. The lowest BCUT2D eigenvalue weighted by Crippen LogP contribution is -2.48. The molecule has 2 aromatic heterocycles. The van der Waals surface area contributed by atoms with Crippen LogP contribution in [-0.2, 0) is 6.54 Å². The van der Waals surface area contributed by atoms with Gasteiger partial charge in [-0.2, -0.15) is 5.10 Å².